The Morgan fingerprint density at radius 3 is 2.70 bits per heavy atom. The molecular weight excluding hydrogens is 254 g/mol. The number of amides is 1. The summed E-state index contributed by atoms with van der Waals surface area (Å²) in [5.74, 6) is 0.406. The molecule has 3 N–H and O–H groups in total. The van der Waals surface area contributed by atoms with Crippen molar-refractivity contribution in [3.05, 3.63) is 29.8 Å². The van der Waals surface area contributed by atoms with Crippen LogP contribution in [0.1, 0.15) is 18.4 Å². The van der Waals surface area contributed by atoms with Gasteiger partial charge in [-0.1, -0.05) is 12.1 Å². The third-order valence-corrected chi connectivity index (χ3v) is 4.39. The largest absolute Gasteiger partial charge is 0.508 e. The van der Waals surface area contributed by atoms with Gasteiger partial charge in [0.1, 0.15) is 11.8 Å². The zero-order valence-electron chi connectivity index (χ0n) is 11.1. The number of fused-ring (bicyclic) bond motifs is 1. The van der Waals surface area contributed by atoms with Crippen molar-refractivity contribution in [3.63, 3.8) is 0 Å². The number of benzene rings is 1. The zero-order valence-corrected chi connectivity index (χ0v) is 11.1. The summed E-state index contributed by atoms with van der Waals surface area (Å²) >= 11 is 0. The fraction of sp³-hybridized carbons (Fsp3) is 0.467. The molecule has 0 radical (unpaired) electrons. The highest BCUT2D eigenvalue weighted by molar-refractivity contribution is 5.83. The average molecular weight is 271 g/mol. The first-order valence-electron chi connectivity index (χ1n) is 6.85. The summed E-state index contributed by atoms with van der Waals surface area (Å²) in [7, 11) is 0. The van der Waals surface area contributed by atoms with Gasteiger partial charge >= 0.3 is 0 Å². The fourth-order valence-electron chi connectivity index (χ4n) is 3.22. The molecule has 20 heavy (non-hydrogen) atoms. The lowest BCUT2D eigenvalue weighted by Crippen LogP contribution is -2.48. The van der Waals surface area contributed by atoms with Crippen LogP contribution in [0.5, 0.6) is 5.75 Å². The third-order valence-electron chi connectivity index (χ3n) is 4.39. The number of carbonyl (C=O) groups is 1. The van der Waals surface area contributed by atoms with Crippen LogP contribution in [0.2, 0.25) is 0 Å². The molecule has 104 valence electrons. The molecule has 4 rings (SSSR count). The van der Waals surface area contributed by atoms with Gasteiger partial charge in [-0.05, 0) is 42.9 Å². The molecule has 2 saturated heterocycles. The van der Waals surface area contributed by atoms with Crippen LogP contribution in [0.3, 0.4) is 0 Å². The van der Waals surface area contributed by atoms with Crippen LogP contribution < -0.4 is 5.73 Å². The molecule has 1 aliphatic carbocycles. The molecule has 3 aliphatic rings. The molecule has 0 aromatic heterocycles. The predicted octanol–water partition coefficient (Wildman–Crippen LogP) is 0.775. The number of hydrogen-bond acceptors (Lipinski definition) is 4. The second-order valence-electron chi connectivity index (χ2n) is 5.68. The summed E-state index contributed by atoms with van der Waals surface area (Å²) in [6, 6.07) is 8.19. The molecule has 2 aliphatic heterocycles. The van der Waals surface area contributed by atoms with Crippen molar-refractivity contribution in [1.29, 1.82) is 5.26 Å². The number of phenolic OH excluding ortho intramolecular Hbond substituents is 1. The van der Waals surface area contributed by atoms with Crippen LogP contribution in [0, 0.1) is 17.2 Å². The summed E-state index contributed by atoms with van der Waals surface area (Å²) in [4.78, 5) is 14.1. The average Bonchev–Trinajstić information content (AvgIpc) is 2.94. The van der Waals surface area contributed by atoms with Gasteiger partial charge in [0.15, 0.2) is 0 Å². The molecule has 5 heteroatoms. The van der Waals surface area contributed by atoms with Crippen LogP contribution in [0.15, 0.2) is 24.3 Å². The normalized spacial score (nSPS) is 28.6. The molecule has 1 amide bonds. The molecule has 2 heterocycles. The van der Waals surface area contributed by atoms with E-state index in [1.807, 2.05) is 0 Å². The summed E-state index contributed by atoms with van der Waals surface area (Å²) < 4.78 is 0. The van der Waals surface area contributed by atoms with Crippen molar-refractivity contribution in [1.82, 2.24) is 4.90 Å². The van der Waals surface area contributed by atoms with Gasteiger partial charge in [0.2, 0.25) is 5.91 Å². The Morgan fingerprint density at radius 2 is 2.10 bits per heavy atom. The van der Waals surface area contributed by atoms with Gasteiger partial charge in [-0.15, -0.1) is 0 Å². The molecule has 2 atom stereocenters. The van der Waals surface area contributed by atoms with E-state index in [4.69, 9.17) is 5.73 Å². The first kappa shape index (κ1) is 12.9. The monoisotopic (exact) mass is 271 g/mol. The van der Waals surface area contributed by atoms with Gasteiger partial charge in [0.25, 0.3) is 0 Å². The zero-order chi connectivity index (χ0) is 14.3. The SMILES string of the molecule is N#CC1C2CC(C2)N1C(=O)C(N)Cc1ccc(O)cc1. The Bertz CT molecular complexity index is 557. The number of aromatic hydroxyl groups is 1. The molecule has 2 bridgehead atoms. The van der Waals surface area contributed by atoms with E-state index in [0.717, 1.165) is 18.4 Å². The maximum absolute atomic E-state index is 12.4. The van der Waals surface area contributed by atoms with Gasteiger partial charge in [-0.25, -0.2) is 0 Å². The highest BCUT2D eigenvalue weighted by Crippen LogP contribution is 2.45. The van der Waals surface area contributed by atoms with Gasteiger partial charge < -0.3 is 15.7 Å². The van der Waals surface area contributed by atoms with E-state index >= 15 is 0 Å². The van der Waals surface area contributed by atoms with E-state index in [1.54, 1.807) is 29.2 Å². The Kier molecular flexibility index (Phi) is 3.11. The van der Waals surface area contributed by atoms with E-state index < -0.39 is 6.04 Å². The minimum absolute atomic E-state index is 0.130. The highest BCUT2D eigenvalue weighted by Gasteiger charge is 2.53. The number of hydrogen-bond donors (Lipinski definition) is 2. The van der Waals surface area contributed by atoms with Crippen molar-refractivity contribution < 1.29 is 9.90 Å². The van der Waals surface area contributed by atoms with E-state index in [0.29, 0.717) is 12.3 Å². The van der Waals surface area contributed by atoms with Gasteiger partial charge in [0.05, 0.1) is 12.1 Å². The summed E-state index contributed by atoms with van der Waals surface area (Å²) in [5, 5.41) is 18.4. The number of phenols is 1. The smallest absolute Gasteiger partial charge is 0.241 e. The molecule has 0 spiro atoms. The summed E-state index contributed by atoms with van der Waals surface area (Å²) in [6.07, 6.45) is 2.30. The lowest BCUT2D eigenvalue weighted by molar-refractivity contribution is -0.133. The maximum atomic E-state index is 12.4. The highest BCUT2D eigenvalue weighted by atomic mass is 16.3. The van der Waals surface area contributed by atoms with Crippen LogP contribution in [-0.4, -0.2) is 34.0 Å². The van der Waals surface area contributed by atoms with E-state index in [-0.39, 0.29) is 23.7 Å². The van der Waals surface area contributed by atoms with E-state index in [1.165, 1.54) is 0 Å². The minimum atomic E-state index is -0.630. The van der Waals surface area contributed by atoms with Crippen LogP contribution in [0.4, 0.5) is 0 Å². The lowest BCUT2D eigenvalue weighted by atomic mass is 9.83. The number of nitriles is 1. The Labute approximate surface area is 117 Å². The van der Waals surface area contributed by atoms with Crippen molar-refractivity contribution in [3.8, 4) is 11.8 Å². The predicted molar refractivity (Wildman–Crippen MR) is 72.5 cm³/mol. The number of carbonyl (C=O) groups excluding carboxylic acids is 1. The first-order valence-corrected chi connectivity index (χ1v) is 6.85. The molecule has 5 nitrogen and oxygen atoms in total. The number of nitrogens with two attached hydrogens (primary N) is 1. The van der Waals surface area contributed by atoms with Crippen molar-refractivity contribution in [2.45, 2.75) is 37.4 Å². The van der Waals surface area contributed by atoms with Crippen molar-refractivity contribution in [2.24, 2.45) is 11.7 Å². The van der Waals surface area contributed by atoms with Crippen molar-refractivity contribution in [2.75, 3.05) is 0 Å². The molecule has 1 saturated carbocycles. The second-order valence-corrected chi connectivity index (χ2v) is 5.68. The number of rotatable bonds is 3. The molecular formula is C15H17N3O2. The van der Waals surface area contributed by atoms with Gasteiger partial charge in [-0.2, -0.15) is 5.26 Å². The first-order chi connectivity index (χ1) is 9.60. The van der Waals surface area contributed by atoms with Crippen LogP contribution in [0.25, 0.3) is 0 Å². The standard InChI is InChI=1S/C15H17N3O2/c16-8-14-10-6-11(7-10)18(14)15(20)13(17)5-9-1-3-12(19)4-2-9/h1-4,10-11,13-14,19H,5-7,17H2. The maximum Gasteiger partial charge on any atom is 0.241 e. The van der Waals surface area contributed by atoms with Crippen LogP contribution in [-0.2, 0) is 11.2 Å². The third kappa shape index (κ3) is 2.02. The molecule has 1 aromatic carbocycles. The number of nitrogens with zero attached hydrogens (tertiary/aromatic N) is 2. The van der Waals surface area contributed by atoms with E-state index in [9.17, 15) is 15.2 Å². The quantitative estimate of drug-likeness (QED) is 0.849. The van der Waals surface area contributed by atoms with Gasteiger partial charge in [0, 0.05) is 6.04 Å². The minimum Gasteiger partial charge on any atom is -0.508 e. The Hall–Kier alpha value is -2.06. The van der Waals surface area contributed by atoms with Crippen LogP contribution >= 0.6 is 0 Å². The van der Waals surface area contributed by atoms with E-state index in [2.05, 4.69) is 6.07 Å². The fourth-order valence-corrected chi connectivity index (χ4v) is 3.22. The Morgan fingerprint density at radius 1 is 1.45 bits per heavy atom. The topological polar surface area (TPSA) is 90.4 Å². The van der Waals surface area contributed by atoms with Crippen molar-refractivity contribution >= 4 is 5.91 Å². The second kappa shape index (κ2) is 4.80. The summed E-state index contributed by atoms with van der Waals surface area (Å²) in [5.41, 5.74) is 6.91. The lowest BCUT2D eigenvalue weighted by Gasteiger charge is -2.27. The molecule has 2 unspecified atom stereocenters. The molecule has 1 aromatic rings. The molecule has 3 fully saturated rings. The van der Waals surface area contributed by atoms with Gasteiger partial charge in [-0.3, -0.25) is 4.79 Å². The Balaban J connectivity index is 1.68. The summed E-state index contributed by atoms with van der Waals surface area (Å²) in [6.45, 7) is 0.